The molecule has 28 heavy (non-hydrogen) atoms. The van der Waals surface area contributed by atoms with Crippen molar-refractivity contribution >= 4 is 11.7 Å². The number of piperazine rings is 1. The number of amides is 1. The highest BCUT2D eigenvalue weighted by atomic mass is 16.5. The highest BCUT2D eigenvalue weighted by Gasteiger charge is 2.25. The van der Waals surface area contributed by atoms with Gasteiger partial charge in [0.25, 0.3) is 0 Å². The molecule has 2 aromatic rings. The molecule has 0 N–H and O–H groups in total. The van der Waals surface area contributed by atoms with Gasteiger partial charge in [0.15, 0.2) is 0 Å². The number of carbonyl (C=O) groups is 1. The lowest BCUT2D eigenvalue weighted by molar-refractivity contribution is -0.133. The molecule has 1 amide bonds. The van der Waals surface area contributed by atoms with E-state index in [2.05, 4.69) is 34.7 Å². The summed E-state index contributed by atoms with van der Waals surface area (Å²) in [4.78, 5) is 23.7. The van der Waals surface area contributed by atoms with Crippen LogP contribution in [0.1, 0.15) is 25.5 Å². The van der Waals surface area contributed by atoms with Crippen molar-refractivity contribution in [2.45, 2.75) is 19.9 Å². The normalized spacial score (nSPS) is 15.6. The number of benzene rings is 1. The fourth-order valence-corrected chi connectivity index (χ4v) is 3.63. The Bertz CT molecular complexity index is 760. The number of rotatable bonds is 7. The Morgan fingerprint density at radius 2 is 1.96 bits per heavy atom. The number of pyridine rings is 1. The van der Waals surface area contributed by atoms with E-state index < -0.39 is 0 Å². The van der Waals surface area contributed by atoms with E-state index in [9.17, 15) is 4.79 Å². The lowest BCUT2D eigenvalue weighted by Gasteiger charge is -2.37. The molecule has 6 heteroatoms. The molecule has 1 fully saturated rings. The van der Waals surface area contributed by atoms with Gasteiger partial charge in [-0.1, -0.05) is 25.1 Å². The van der Waals surface area contributed by atoms with Crippen molar-refractivity contribution < 1.29 is 9.53 Å². The number of hydrogen-bond donors (Lipinski definition) is 0. The monoisotopic (exact) mass is 382 g/mol. The summed E-state index contributed by atoms with van der Waals surface area (Å²) in [6, 6.07) is 14.2. The first kappa shape index (κ1) is 20.1. The number of anilines is 1. The van der Waals surface area contributed by atoms with Crippen molar-refractivity contribution in [2.24, 2.45) is 0 Å². The minimum Gasteiger partial charge on any atom is -0.497 e. The lowest BCUT2D eigenvalue weighted by Crippen LogP contribution is -2.51. The van der Waals surface area contributed by atoms with Crippen LogP contribution in [-0.4, -0.2) is 67.1 Å². The van der Waals surface area contributed by atoms with E-state index in [1.165, 1.54) is 0 Å². The van der Waals surface area contributed by atoms with E-state index in [0.29, 0.717) is 6.54 Å². The Labute approximate surface area is 167 Å². The van der Waals surface area contributed by atoms with Crippen molar-refractivity contribution in [1.29, 1.82) is 0 Å². The predicted molar refractivity (Wildman–Crippen MR) is 112 cm³/mol. The first-order chi connectivity index (χ1) is 13.6. The molecule has 1 unspecified atom stereocenters. The van der Waals surface area contributed by atoms with E-state index in [1.54, 1.807) is 7.11 Å². The summed E-state index contributed by atoms with van der Waals surface area (Å²) >= 11 is 0. The van der Waals surface area contributed by atoms with Gasteiger partial charge in [0.2, 0.25) is 5.91 Å². The van der Waals surface area contributed by atoms with Gasteiger partial charge in [-0.25, -0.2) is 4.98 Å². The minimum absolute atomic E-state index is 0.152. The fraction of sp³-hybridized carbons (Fsp3) is 0.455. The van der Waals surface area contributed by atoms with Crippen molar-refractivity contribution in [1.82, 2.24) is 14.8 Å². The van der Waals surface area contributed by atoms with Gasteiger partial charge in [-0.15, -0.1) is 0 Å². The summed E-state index contributed by atoms with van der Waals surface area (Å²) in [5, 5.41) is 0. The van der Waals surface area contributed by atoms with Crippen LogP contribution in [0.2, 0.25) is 0 Å². The second-order valence-corrected chi connectivity index (χ2v) is 7.07. The van der Waals surface area contributed by atoms with Crippen LogP contribution in [0.4, 0.5) is 5.82 Å². The van der Waals surface area contributed by atoms with Crippen LogP contribution in [0.25, 0.3) is 0 Å². The van der Waals surface area contributed by atoms with Crippen LogP contribution in [-0.2, 0) is 4.79 Å². The van der Waals surface area contributed by atoms with E-state index in [4.69, 9.17) is 4.74 Å². The quantitative estimate of drug-likeness (QED) is 0.737. The standard InChI is InChI=1S/C22H30N4O2/c1-4-24(18(2)19-8-7-9-20(16-19)28-3)17-22(27)26-14-12-25(13-15-26)21-10-5-6-11-23-21/h5-11,16,18H,4,12-15,17H2,1-3H3. The predicted octanol–water partition coefficient (Wildman–Crippen LogP) is 2.82. The smallest absolute Gasteiger partial charge is 0.236 e. The van der Waals surface area contributed by atoms with E-state index >= 15 is 0 Å². The lowest BCUT2D eigenvalue weighted by atomic mass is 10.1. The van der Waals surface area contributed by atoms with Crippen LogP contribution in [0, 0.1) is 0 Å². The molecule has 0 saturated carbocycles. The second kappa shape index (κ2) is 9.55. The zero-order valence-electron chi connectivity index (χ0n) is 17.0. The first-order valence-electron chi connectivity index (χ1n) is 9.94. The summed E-state index contributed by atoms with van der Waals surface area (Å²) in [6.07, 6.45) is 1.81. The summed E-state index contributed by atoms with van der Waals surface area (Å²) in [5.74, 6) is 2.02. The van der Waals surface area contributed by atoms with Crippen LogP contribution in [0.3, 0.4) is 0 Å². The van der Waals surface area contributed by atoms with Gasteiger partial charge < -0.3 is 14.5 Å². The van der Waals surface area contributed by atoms with Crippen molar-refractivity contribution in [3.8, 4) is 5.75 Å². The van der Waals surface area contributed by atoms with E-state index in [-0.39, 0.29) is 11.9 Å². The Morgan fingerprint density at radius 1 is 1.18 bits per heavy atom. The van der Waals surface area contributed by atoms with Crippen LogP contribution < -0.4 is 9.64 Å². The Hall–Kier alpha value is -2.60. The number of likely N-dealkylation sites (N-methyl/N-ethyl adjacent to an activating group) is 1. The van der Waals surface area contributed by atoms with Gasteiger partial charge >= 0.3 is 0 Å². The van der Waals surface area contributed by atoms with Gasteiger partial charge in [-0.2, -0.15) is 0 Å². The molecule has 1 saturated heterocycles. The van der Waals surface area contributed by atoms with Gasteiger partial charge in [-0.3, -0.25) is 9.69 Å². The molecule has 1 aromatic heterocycles. The van der Waals surface area contributed by atoms with Crippen molar-refractivity contribution in [3.63, 3.8) is 0 Å². The molecule has 3 rings (SSSR count). The zero-order valence-corrected chi connectivity index (χ0v) is 17.0. The van der Waals surface area contributed by atoms with Crippen molar-refractivity contribution in [2.75, 3.05) is 51.3 Å². The first-order valence-corrected chi connectivity index (χ1v) is 9.94. The molecule has 1 aromatic carbocycles. The third-order valence-corrected chi connectivity index (χ3v) is 5.47. The number of hydrogen-bond acceptors (Lipinski definition) is 5. The molecular weight excluding hydrogens is 352 g/mol. The van der Waals surface area contributed by atoms with Crippen molar-refractivity contribution in [3.05, 3.63) is 54.2 Å². The molecule has 0 aliphatic carbocycles. The van der Waals surface area contributed by atoms with Crippen LogP contribution >= 0.6 is 0 Å². The average molecular weight is 383 g/mol. The van der Waals surface area contributed by atoms with Gasteiger partial charge in [0.1, 0.15) is 11.6 Å². The maximum absolute atomic E-state index is 12.9. The van der Waals surface area contributed by atoms with Gasteiger partial charge in [0, 0.05) is 38.4 Å². The molecule has 6 nitrogen and oxygen atoms in total. The minimum atomic E-state index is 0.152. The number of methoxy groups -OCH3 is 1. The molecule has 150 valence electrons. The Kier molecular flexibility index (Phi) is 6.87. The molecule has 0 spiro atoms. The molecule has 0 radical (unpaired) electrons. The molecule has 1 aliphatic heterocycles. The van der Waals surface area contributed by atoms with E-state index in [0.717, 1.165) is 49.9 Å². The summed E-state index contributed by atoms with van der Waals surface area (Å²) in [5.41, 5.74) is 1.16. The SMILES string of the molecule is CCN(CC(=O)N1CCN(c2ccccn2)CC1)C(C)c1cccc(OC)c1. The van der Waals surface area contributed by atoms with Crippen LogP contribution in [0.15, 0.2) is 48.7 Å². The second-order valence-electron chi connectivity index (χ2n) is 7.07. The molecule has 1 aliphatic rings. The topological polar surface area (TPSA) is 48.9 Å². The van der Waals surface area contributed by atoms with E-state index in [1.807, 2.05) is 47.5 Å². The largest absolute Gasteiger partial charge is 0.497 e. The molecule has 0 bridgehead atoms. The maximum Gasteiger partial charge on any atom is 0.236 e. The summed E-state index contributed by atoms with van der Waals surface area (Å²) in [7, 11) is 1.68. The maximum atomic E-state index is 12.9. The molecule has 1 atom stereocenters. The molecule has 2 heterocycles. The number of ether oxygens (including phenoxy) is 1. The molecular formula is C22H30N4O2. The number of carbonyl (C=O) groups excluding carboxylic acids is 1. The van der Waals surface area contributed by atoms with Gasteiger partial charge in [-0.05, 0) is 43.3 Å². The Morgan fingerprint density at radius 3 is 2.61 bits per heavy atom. The Balaban J connectivity index is 1.57. The highest BCUT2D eigenvalue weighted by molar-refractivity contribution is 5.78. The number of aromatic nitrogens is 1. The number of nitrogens with zero attached hydrogens (tertiary/aromatic N) is 4. The fourth-order valence-electron chi connectivity index (χ4n) is 3.63. The average Bonchev–Trinajstić information content (AvgIpc) is 2.77. The highest BCUT2D eigenvalue weighted by Crippen LogP contribution is 2.24. The summed E-state index contributed by atoms with van der Waals surface area (Å²) < 4.78 is 5.34. The summed E-state index contributed by atoms with van der Waals surface area (Å²) in [6.45, 7) is 8.60. The third kappa shape index (κ3) is 4.81. The third-order valence-electron chi connectivity index (χ3n) is 5.47. The zero-order chi connectivity index (χ0) is 19.9. The van der Waals surface area contributed by atoms with Crippen LogP contribution in [0.5, 0.6) is 5.75 Å². The van der Waals surface area contributed by atoms with Gasteiger partial charge in [0.05, 0.1) is 13.7 Å².